The van der Waals surface area contributed by atoms with Gasteiger partial charge in [-0.2, -0.15) is 5.10 Å². The van der Waals surface area contributed by atoms with Crippen molar-refractivity contribution >= 4 is 63.8 Å². The molecule has 3 aromatic carbocycles. The van der Waals surface area contributed by atoms with Gasteiger partial charge in [-0.25, -0.2) is 10.2 Å². The molecule has 37 heavy (non-hydrogen) atoms. The number of esters is 1. The molecule has 10 heteroatoms. The molecule has 0 aliphatic rings. The zero-order valence-electron chi connectivity index (χ0n) is 18.8. The predicted molar refractivity (Wildman–Crippen MR) is 144 cm³/mol. The highest BCUT2D eigenvalue weighted by atomic mass is 35.5. The van der Waals surface area contributed by atoms with E-state index in [0.29, 0.717) is 42.7 Å². The summed E-state index contributed by atoms with van der Waals surface area (Å²) in [7, 11) is 0. The van der Waals surface area contributed by atoms with Gasteiger partial charge in [-0.3, -0.25) is 4.79 Å². The third kappa shape index (κ3) is 5.11. The van der Waals surface area contributed by atoms with Gasteiger partial charge in [-0.05, 0) is 42.5 Å². The fourth-order valence-electron chi connectivity index (χ4n) is 3.78. The quantitative estimate of drug-likeness (QED) is 0.0994. The first-order valence-electron chi connectivity index (χ1n) is 10.9. The Labute approximate surface area is 225 Å². The van der Waals surface area contributed by atoms with E-state index < -0.39 is 11.9 Å². The number of furan rings is 1. The second-order valence-corrected chi connectivity index (χ2v) is 9.02. The number of hydrogen-bond acceptors (Lipinski definition) is 5. The highest BCUT2D eigenvalue weighted by molar-refractivity contribution is 6.39. The van der Waals surface area contributed by atoms with Gasteiger partial charge < -0.3 is 14.1 Å². The Hall–Kier alpha value is -4.04. The van der Waals surface area contributed by atoms with Gasteiger partial charge in [0.1, 0.15) is 11.4 Å². The van der Waals surface area contributed by atoms with Crippen molar-refractivity contribution in [3.63, 3.8) is 0 Å². The van der Waals surface area contributed by atoms with Crippen molar-refractivity contribution in [1.29, 1.82) is 0 Å². The first-order chi connectivity index (χ1) is 17.9. The number of hydrogen-bond donors (Lipinski definition) is 2. The monoisotopic (exact) mass is 551 g/mol. The van der Waals surface area contributed by atoms with Gasteiger partial charge in [0.05, 0.1) is 23.0 Å². The number of H-pyrrole nitrogens is 1. The van der Waals surface area contributed by atoms with E-state index in [1.54, 1.807) is 60.7 Å². The van der Waals surface area contributed by atoms with Crippen LogP contribution in [-0.2, 0) is 0 Å². The molecule has 5 rings (SSSR count). The van der Waals surface area contributed by atoms with Crippen LogP contribution in [0.3, 0.4) is 0 Å². The van der Waals surface area contributed by atoms with Crippen LogP contribution in [0.2, 0.25) is 15.1 Å². The number of benzene rings is 3. The Morgan fingerprint density at radius 2 is 1.73 bits per heavy atom. The van der Waals surface area contributed by atoms with E-state index in [1.807, 2.05) is 6.07 Å². The molecule has 0 atom stereocenters. The molecule has 2 heterocycles. The number of para-hydroxylation sites is 1. The molecule has 0 radical (unpaired) electrons. The lowest BCUT2D eigenvalue weighted by atomic mass is 10.0. The van der Waals surface area contributed by atoms with Crippen LogP contribution in [0.25, 0.3) is 22.0 Å². The van der Waals surface area contributed by atoms with E-state index in [4.69, 9.17) is 44.0 Å². The summed E-state index contributed by atoms with van der Waals surface area (Å²) in [5.74, 6) is -0.900. The number of amides is 1. The Morgan fingerprint density at radius 1 is 0.946 bits per heavy atom. The SMILES string of the molecule is O=C(Oc1ccccc1C=NNC(=O)c1[nH]c2c(Cl)cc(Cl)cc2c1-c1ccccc1Cl)c1ccco1. The normalized spacial score (nSPS) is 11.2. The summed E-state index contributed by atoms with van der Waals surface area (Å²) in [5, 5.41) is 5.91. The summed E-state index contributed by atoms with van der Waals surface area (Å²) in [6, 6.07) is 20.2. The molecule has 0 aliphatic carbocycles. The number of ether oxygens (including phenoxy) is 1. The molecule has 7 nitrogen and oxygen atoms in total. The topological polar surface area (TPSA) is 96.7 Å². The zero-order chi connectivity index (χ0) is 25.9. The minimum Gasteiger partial charge on any atom is -0.457 e. The van der Waals surface area contributed by atoms with Crippen molar-refractivity contribution in [2.24, 2.45) is 5.10 Å². The second-order valence-electron chi connectivity index (χ2n) is 7.77. The lowest BCUT2D eigenvalue weighted by Crippen LogP contribution is -2.19. The van der Waals surface area contributed by atoms with Gasteiger partial charge in [0, 0.05) is 32.1 Å². The fraction of sp³-hybridized carbons (Fsp3) is 0. The van der Waals surface area contributed by atoms with Crippen LogP contribution >= 0.6 is 34.8 Å². The molecule has 0 saturated heterocycles. The second kappa shape index (κ2) is 10.5. The zero-order valence-corrected chi connectivity index (χ0v) is 21.1. The lowest BCUT2D eigenvalue weighted by molar-refractivity contribution is 0.0701. The Balaban J connectivity index is 1.45. The summed E-state index contributed by atoms with van der Waals surface area (Å²) in [5.41, 5.74) is 4.85. The Kier molecular flexibility index (Phi) is 7.01. The highest BCUT2D eigenvalue weighted by Gasteiger charge is 2.22. The minimum atomic E-state index is -0.659. The standard InChI is InChI=1S/C27H16Cl3N3O4/c28-16-12-18-23(17-7-2-3-8-19(17)29)25(32-24(18)20(30)13-16)26(34)33-31-14-15-6-1-4-9-21(15)37-27(35)22-10-5-11-36-22/h1-14,32H,(H,33,34). The maximum absolute atomic E-state index is 13.3. The van der Waals surface area contributed by atoms with Gasteiger partial charge in [-0.15, -0.1) is 0 Å². The van der Waals surface area contributed by atoms with Crippen LogP contribution in [0.1, 0.15) is 26.6 Å². The smallest absolute Gasteiger partial charge is 0.379 e. The molecule has 0 fully saturated rings. The summed E-state index contributed by atoms with van der Waals surface area (Å²) < 4.78 is 10.5. The van der Waals surface area contributed by atoms with Crippen LogP contribution in [0.4, 0.5) is 0 Å². The van der Waals surface area contributed by atoms with E-state index in [0.717, 1.165) is 0 Å². The van der Waals surface area contributed by atoms with E-state index in [2.05, 4.69) is 15.5 Å². The number of fused-ring (bicyclic) bond motifs is 1. The van der Waals surface area contributed by atoms with Crippen LogP contribution in [0.5, 0.6) is 5.75 Å². The molecular formula is C27H16Cl3N3O4. The number of aromatic amines is 1. The Bertz CT molecular complexity index is 1660. The van der Waals surface area contributed by atoms with E-state index in [1.165, 1.54) is 18.5 Å². The molecule has 2 aromatic heterocycles. The van der Waals surface area contributed by atoms with Crippen LogP contribution in [0, 0.1) is 0 Å². The predicted octanol–water partition coefficient (Wildman–Crippen LogP) is 7.37. The van der Waals surface area contributed by atoms with Crippen LogP contribution in [-0.4, -0.2) is 23.1 Å². The minimum absolute atomic E-state index is 0.0599. The molecule has 0 spiro atoms. The molecule has 184 valence electrons. The third-order valence-corrected chi connectivity index (χ3v) is 6.25. The number of nitrogens with one attached hydrogen (secondary N) is 2. The number of halogens is 3. The van der Waals surface area contributed by atoms with Crippen molar-refractivity contribution in [3.8, 4) is 16.9 Å². The molecule has 1 amide bonds. The fourth-order valence-corrected chi connectivity index (χ4v) is 4.55. The largest absolute Gasteiger partial charge is 0.457 e. The number of rotatable bonds is 6. The first-order valence-corrected chi connectivity index (χ1v) is 12.0. The number of aromatic nitrogens is 1. The van der Waals surface area contributed by atoms with E-state index in [-0.39, 0.29) is 17.2 Å². The van der Waals surface area contributed by atoms with E-state index >= 15 is 0 Å². The molecule has 0 saturated carbocycles. The summed E-state index contributed by atoms with van der Waals surface area (Å²) in [4.78, 5) is 28.6. The summed E-state index contributed by atoms with van der Waals surface area (Å²) >= 11 is 19.1. The average Bonchev–Trinajstić information content (AvgIpc) is 3.54. The molecule has 2 N–H and O–H groups in total. The highest BCUT2D eigenvalue weighted by Crippen LogP contribution is 2.40. The average molecular weight is 553 g/mol. The van der Waals surface area contributed by atoms with Crippen molar-refractivity contribution in [3.05, 3.63) is 111 Å². The van der Waals surface area contributed by atoms with Gasteiger partial charge in [0.25, 0.3) is 5.91 Å². The first kappa shape index (κ1) is 24.6. The van der Waals surface area contributed by atoms with Crippen molar-refractivity contribution < 1.29 is 18.7 Å². The number of hydrazone groups is 1. The number of carbonyl (C=O) groups is 2. The third-order valence-electron chi connectivity index (χ3n) is 5.41. The maximum Gasteiger partial charge on any atom is 0.379 e. The van der Waals surface area contributed by atoms with Crippen molar-refractivity contribution in [2.45, 2.75) is 0 Å². The summed E-state index contributed by atoms with van der Waals surface area (Å²) in [6.45, 7) is 0. The molecular weight excluding hydrogens is 537 g/mol. The molecule has 5 aromatic rings. The number of carbonyl (C=O) groups excluding carboxylic acids is 2. The maximum atomic E-state index is 13.3. The number of nitrogens with zero attached hydrogens (tertiary/aromatic N) is 1. The summed E-state index contributed by atoms with van der Waals surface area (Å²) in [6.07, 6.45) is 2.74. The molecule has 0 unspecified atom stereocenters. The Morgan fingerprint density at radius 3 is 2.51 bits per heavy atom. The van der Waals surface area contributed by atoms with Crippen LogP contribution < -0.4 is 10.2 Å². The molecule has 0 aliphatic heterocycles. The van der Waals surface area contributed by atoms with Crippen molar-refractivity contribution in [1.82, 2.24) is 10.4 Å². The molecule has 0 bridgehead atoms. The van der Waals surface area contributed by atoms with Gasteiger partial charge >= 0.3 is 5.97 Å². The van der Waals surface area contributed by atoms with Gasteiger partial charge in [0.2, 0.25) is 5.76 Å². The van der Waals surface area contributed by atoms with Crippen LogP contribution in [0.15, 0.2) is 88.6 Å². The van der Waals surface area contributed by atoms with E-state index in [9.17, 15) is 9.59 Å². The van der Waals surface area contributed by atoms with Gasteiger partial charge in [-0.1, -0.05) is 65.1 Å². The lowest BCUT2D eigenvalue weighted by Gasteiger charge is -2.07. The van der Waals surface area contributed by atoms with Crippen molar-refractivity contribution in [2.75, 3.05) is 0 Å². The van der Waals surface area contributed by atoms with Gasteiger partial charge in [0.15, 0.2) is 0 Å².